The summed E-state index contributed by atoms with van der Waals surface area (Å²) < 4.78 is 31.1. The van der Waals surface area contributed by atoms with Gasteiger partial charge in [0, 0.05) is 46.7 Å². The Morgan fingerprint density at radius 1 is 0.812 bits per heavy atom. The van der Waals surface area contributed by atoms with Crippen LogP contribution in [-0.4, -0.2) is 67.3 Å². The molecule has 1 spiro atoms. The number of carbonyl (C=O) groups is 6. The minimum atomic E-state index is -1.50. The van der Waals surface area contributed by atoms with Gasteiger partial charge in [-0.25, -0.2) is 4.79 Å². The van der Waals surface area contributed by atoms with Crippen molar-refractivity contribution in [1.82, 2.24) is 4.90 Å². The molecule has 0 bridgehead atoms. The molecule has 48 heavy (non-hydrogen) atoms. The molecule has 3 aromatic carbocycles. The largest absolute Gasteiger partial charge is 0.456 e. The van der Waals surface area contributed by atoms with Crippen molar-refractivity contribution in [2.45, 2.75) is 26.4 Å². The van der Waals surface area contributed by atoms with Crippen LogP contribution < -0.4 is 4.74 Å². The van der Waals surface area contributed by atoms with Crippen LogP contribution >= 0.6 is 0 Å². The average Bonchev–Trinajstić information content (AvgIpc) is 3.31. The first-order valence-electron chi connectivity index (χ1n) is 14.2. The van der Waals surface area contributed by atoms with Crippen molar-refractivity contribution in [3.63, 3.8) is 0 Å². The Kier molecular flexibility index (Phi) is 9.29. The summed E-state index contributed by atoms with van der Waals surface area (Å²) in [6, 6.07) is 14.2. The highest BCUT2D eigenvalue weighted by Gasteiger charge is 2.53. The number of hydrogen-bond donors (Lipinski definition) is 0. The zero-order valence-electron chi connectivity index (χ0n) is 25.7. The predicted octanol–water partition coefficient (Wildman–Crippen LogP) is 4.07. The quantitative estimate of drug-likeness (QED) is 0.0754. The SMILES string of the molecule is CC(=O)OCOC(=O)CN(CC(=O)OCOC(C)=O)C(=O)c1ccc2c(c1)C(=O)OC21c2ccc(C)cc2Oc2cc(N=[N+]=[N-])ccc21. The van der Waals surface area contributed by atoms with Gasteiger partial charge in [-0.1, -0.05) is 35.4 Å². The molecule has 0 N–H and O–H groups in total. The highest BCUT2D eigenvalue weighted by molar-refractivity contribution is 6.03. The summed E-state index contributed by atoms with van der Waals surface area (Å²) in [7, 11) is 0. The van der Waals surface area contributed by atoms with Crippen LogP contribution in [0.5, 0.6) is 11.5 Å². The Balaban J connectivity index is 1.51. The summed E-state index contributed by atoms with van der Waals surface area (Å²) in [6.07, 6.45) is 0. The van der Waals surface area contributed by atoms with E-state index in [1.54, 1.807) is 24.3 Å². The fraction of sp³-hybridized carbons (Fsp3) is 0.250. The van der Waals surface area contributed by atoms with E-state index in [9.17, 15) is 28.8 Å². The Hall–Kier alpha value is -6.41. The molecule has 16 heteroatoms. The molecule has 0 saturated heterocycles. The molecule has 2 heterocycles. The van der Waals surface area contributed by atoms with E-state index >= 15 is 0 Å². The molecule has 5 rings (SSSR count). The lowest BCUT2D eigenvalue weighted by atomic mass is 9.77. The van der Waals surface area contributed by atoms with E-state index in [1.165, 1.54) is 24.3 Å². The van der Waals surface area contributed by atoms with Gasteiger partial charge in [-0.3, -0.25) is 24.0 Å². The second-order valence-corrected chi connectivity index (χ2v) is 10.5. The molecule has 1 amide bonds. The van der Waals surface area contributed by atoms with Crippen molar-refractivity contribution in [2.75, 3.05) is 26.7 Å². The van der Waals surface area contributed by atoms with Gasteiger partial charge in [-0.15, -0.1) is 0 Å². The standard InChI is InChI=1S/C32H26N4O12/c1-17-4-7-24-26(10-17)47-27-12-21(34-35-33)6-9-25(27)32(24)23-8-5-20(11-22(23)31(42)48-32)30(41)36(13-28(39)45-15-43-18(2)37)14-29(40)46-16-44-19(3)38/h4-12H,13-16H2,1-3H3. The molecule has 3 aromatic rings. The van der Waals surface area contributed by atoms with E-state index in [0.717, 1.165) is 24.3 Å². The molecule has 0 aliphatic carbocycles. The number of nitrogens with zero attached hydrogens (tertiary/aromatic N) is 4. The van der Waals surface area contributed by atoms with Crippen molar-refractivity contribution in [3.05, 3.63) is 98.4 Å². The molecule has 0 saturated carbocycles. The smallest absolute Gasteiger partial charge is 0.340 e. The maximum atomic E-state index is 13.7. The fourth-order valence-electron chi connectivity index (χ4n) is 5.21. The summed E-state index contributed by atoms with van der Waals surface area (Å²) in [5.41, 5.74) is 9.82. The number of esters is 5. The Morgan fingerprint density at radius 3 is 2.00 bits per heavy atom. The predicted molar refractivity (Wildman–Crippen MR) is 160 cm³/mol. The average molecular weight is 659 g/mol. The first-order valence-corrected chi connectivity index (χ1v) is 14.2. The second-order valence-electron chi connectivity index (χ2n) is 10.5. The van der Waals surface area contributed by atoms with Crippen molar-refractivity contribution in [1.29, 1.82) is 0 Å². The van der Waals surface area contributed by atoms with Gasteiger partial charge in [-0.05, 0) is 42.3 Å². The molecule has 0 radical (unpaired) electrons. The number of carbonyl (C=O) groups excluding carboxylic acids is 6. The molecule has 0 fully saturated rings. The lowest BCUT2D eigenvalue weighted by Crippen LogP contribution is -2.41. The van der Waals surface area contributed by atoms with Crippen molar-refractivity contribution in [2.24, 2.45) is 5.11 Å². The fourth-order valence-corrected chi connectivity index (χ4v) is 5.21. The summed E-state index contributed by atoms with van der Waals surface area (Å²) in [5, 5.41) is 3.64. The summed E-state index contributed by atoms with van der Waals surface area (Å²) in [6.45, 7) is 1.06. The van der Waals surface area contributed by atoms with Crippen LogP contribution in [0.3, 0.4) is 0 Å². The van der Waals surface area contributed by atoms with Crippen LogP contribution in [0.4, 0.5) is 5.69 Å². The molecule has 1 atom stereocenters. The maximum absolute atomic E-state index is 13.7. The minimum Gasteiger partial charge on any atom is -0.456 e. The van der Waals surface area contributed by atoms with Crippen LogP contribution in [-0.2, 0) is 48.5 Å². The topological polar surface area (TPSA) is 210 Å². The number of benzene rings is 3. The second kappa shape index (κ2) is 13.5. The minimum absolute atomic E-state index is 0.0224. The van der Waals surface area contributed by atoms with E-state index in [0.29, 0.717) is 22.4 Å². The first-order chi connectivity index (χ1) is 22.9. The Labute approximate surface area is 271 Å². The van der Waals surface area contributed by atoms with Crippen LogP contribution in [0.25, 0.3) is 10.4 Å². The molecule has 1 unspecified atom stereocenters. The van der Waals surface area contributed by atoms with Crippen LogP contribution in [0.2, 0.25) is 0 Å². The van der Waals surface area contributed by atoms with Crippen molar-refractivity contribution >= 4 is 41.4 Å². The Morgan fingerprint density at radius 2 is 1.40 bits per heavy atom. The zero-order chi connectivity index (χ0) is 34.6. The molecule has 2 aliphatic rings. The van der Waals surface area contributed by atoms with Crippen LogP contribution in [0.1, 0.15) is 56.8 Å². The van der Waals surface area contributed by atoms with Gasteiger partial charge < -0.3 is 33.3 Å². The third kappa shape index (κ3) is 6.59. The van der Waals surface area contributed by atoms with E-state index in [-0.39, 0.29) is 22.6 Å². The molecule has 16 nitrogen and oxygen atoms in total. The summed E-state index contributed by atoms with van der Waals surface area (Å²) in [5.74, 6) is -4.45. The van der Waals surface area contributed by atoms with Gasteiger partial charge in [0.25, 0.3) is 5.91 Å². The van der Waals surface area contributed by atoms with Crippen molar-refractivity contribution < 1.29 is 57.2 Å². The third-order valence-corrected chi connectivity index (χ3v) is 7.24. The van der Waals surface area contributed by atoms with Gasteiger partial charge in [0.05, 0.1) is 5.56 Å². The van der Waals surface area contributed by atoms with Gasteiger partial charge in [0.2, 0.25) is 13.6 Å². The van der Waals surface area contributed by atoms with E-state index in [2.05, 4.69) is 19.5 Å². The highest BCUT2D eigenvalue weighted by atomic mass is 16.7. The normalized spacial score (nSPS) is 14.9. The summed E-state index contributed by atoms with van der Waals surface area (Å²) >= 11 is 0. The van der Waals surface area contributed by atoms with Crippen LogP contribution in [0, 0.1) is 6.92 Å². The summed E-state index contributed by atoms with van der Waals surface area (Å²) in [4.78, 5) is 77.9. The first kappa shape index (κ1) is 33.0. The number of aryl methyl sites for hydroxylation is 1. The van der Waals surface area contributed by atoms with Crippen LogP contribution in [0.15, 0.2) is 59.7 Å². The number of ether oxygens (including phenoxy) is 6. The highest BCUT2D eigenvalue weighted by Crippen LogP contribution is 2.56. The van der Waals surface area contributed by atoms with E-state index < -0.39 is 68.0 Å². The number of hydrogen-bond acceptors (Lipinski definition) is 13. The maximum Gasteiger partial charge on any atom is 0.340 e. The molecular weight excluding hydrogens is 632 g/mol. The van der Waals surface area contributed by atoms with Crippen molar-refractivity contribution in [3.8, 4) is 11.5 Å². The molecular formula is C32H26N4O12. The monoisotopic (exact) mass is 658 g/mol. The zero-order valence-corrected chi connectivity index (χ0v) is 25.7. The number of azide groups is 1. The molecule has 0 aromatic heterocycles. The number of rotatable bonds is 10. The lowest BCUT2D eigenvalue weighted by molar-refractivity contribution is -0.166. The number of fused-ring (bicyclic) bond motifs is 6. The van der Waals surface area contributed by atoms with E-state index in [4.69, 9.17) is 24.5 Å². The lowest BCUT2D eigenvalue weighted by Gasteiger charge is -2.36. The third-order valence-electron chi connectivity index (χ3n) is 7.24. The molecule has 2 aliphatic heterocycles. The number of amides is 1. The Bertz CT molecular complexity index is 1880. The van der Waals surface area contributed by atoms with Gasteiger partial charge in [0.1, 0.15) is 24.6 Å². The molecule has 246 valence electrons. The van der Waals surface area contributed by atoms with E-state index in [1.807, 2.05) is 13.0 Å². The van der Waals surface area contributed by atoms with Gasteiger partial charge >= 0.3 is 29.8 Å². The van der Waals surface area contributed by atoms with Gasteiger partial charge in [0.15, 0.2) is 5.60 Å². The van der Waals surface area contributed by atoms with Gasteiger partial charge in [-0.2, -0.15) is 0 Å².